The number of benzene rings is 3. The van der Waals surface area contributed by atoms with E-state index in [1.54, 1.807) is 18.0 Å². The first-order valence-electron chi connectivity index (χ1n) is 19.3. The molecular weight excluding hydrogens is 684 g/mol. The van der Waals surface area contributed by atoms with Gasteiger partial charge in [0.05, 0.1) is 25.3 Å². The molecule has 6 rings (SSSR count). The molecule has 54 heavy (non-hydrogen) atoms. The fourth-order valence-electron chi connectivity index (χ4n) is 8.62. The Morgan fingerprint density at radius 1 is 1.00 bits per heavy atom. The number of hydrogen-bond acceptors (Lipinski definition) is 9. The van der Waals surface area contributed by atoms with Crippen molar-refractivity contribution in [3.05, 3.63) is 90.5 Å². The van der Waals surface area contributed by atoms with Gasteiger partial charge < -0.3 is 38.9 Å². The molecule has 1 fully saturated rings. The summed E-state index contributed by atoms with van der Waals surface area (Å²) in [5, 5.41) is 26.7. The second kappa shape index (κ2) is 17.0. The lowest BCUT2D eigenvalue weighted by molar-refractivity contribution is -0.253. The smallest absolute Gasteiger partial charge is 0.409 e. The van der Waals surface area contributed by atoms with E-state index < -0.39 is 29.4 Å². The molecule has 2 aliphatic carbocycles. The van der Waals surface area contributed by atoms with Gasteiger partial charge in [0.2, 0.25) is 5.79 Å². The second-order valence-corrected chi connectivity index (χ2v) is 15.7. The molecule has 3 aromatic rings. The van der Waals surface area contributed by atoms with Crippen molar-refractivity contribution in [1.29, 1.82) is 0 Å². The standard InChI is InChI=1S/C44H56N2O8/c1-7-24-51-44-39(46(5)42(49)50-6)28-37(45-54-43(2,3)4)35-26-31(16-10-12-22-47)34(17-11-13-23-48)40(41(35)44)36-27-33(20-21-38(36)53-44)52-32-19-18-29-14-8-9-15-30(29)25-32/h7-9,14-15,18-21,25-27,31,34,39-41,47-48H,1,10-13,16-17,22-24,28H2,2-6H3/t31-,34+,39-,40+,41+,44+/m0/s1. The minimum Gasteiger partial charge on any atom is -0.459 e. The number of hydrogen-bond donors (Lipinski definition) is 2. The molecule has 0 unspecified atom stereocenters. The molecule has 10 heteroatoms. The average Bonchev–Trinajstić information content (AvgIpc) is 3.16. The van der Waals surface area contributed by atoms with Crippen molar-refractivity contribution < 1.29 is 38.8 Å². The van der Waals surface area contributed by atoms with Crippen molar-refractivity contribution in [1.82, 2.24) is 4.90 Å². The van der Waals surface area contributed by atoms with E-state index in [1.807, 2.05) is 57.2 Å². The van der Waals surface area contributed by atoms with Crippen molar-refractivity contribution >= 4 is 22.6 Å². The summed E-state index contributed by atoms with van der Waals surface area (Å²) in [5.41, 5.74) is 2.13. The summed E-state index contributed by atoms with van der Waals surface area (Å²) >= 11 is 0. The van der Waals surface area contributed by atoms with Crippen LogP contribution in [0.2, 0.25) is 0 Å². The van der Waals surface area contributed by atoms with Gasteiger partial charge in [-0.15, -0.1) is 6.58 Å². The van der Waals surface area contributed by atoms with Crippen LogP contribution in [-0.4, -0.2) is 78.3 Å². The lowest BCUT2D eigenvalue weighted by Crippen LogP contribution is -2.69. The van der Waals surface area contributed by atoms with E-state index in [1.165, 1.54) is 7.11 Å². The number of aliphatic hydroxyl groups excluding tert-OH is 2. The fourth-order valence-corrected chi connectivity index (χ4v) is 8.62. The summed E-state index contributed by atoms with van der Waals surface area (Å²) < 4.78 is 25.9. The molecule has 3 aromatic carbocycles. The van der Waals surface area contributed by atoms with E-state index in [0.717, 1.165) is 59.1 Å². The number of nitrogens with zero attached hydrogens (tertiary/aromatic N) is 2. The van der Waals surface area contributed by atoms with Gasteiger partial charge in [-0.2, -0.15) is 0 Å². The number of carbonyl (C=O) groups is 1. The zero-order chi connectivity index (χ0) is 38.5. The zero-order valence-corrected chi connectivity index (χ0v) is 32.3. The monoisotopic (exact) mass is 740 g/mol. The van der Waals surface area contributed by atoms with E-state index in [2.05, 4.69) is 36.9 Å². The molecular formula is C44H56N2O8. The van der Waals surface area contributed by atoms with Crippen LogP contribution in [0.25, 0.3) is 10.8 Å². The minimum atomic E-state index is -1.34. The number of likely N-dealkylation sites (N-methyl/N-ethyl adjacent to an activating group) is 1. The Bertz CT molecular complexity index is 1850. The summed E-state index contributed by atoms with van der Waals surface area (Å²) in [7, 11) is 3.08. The Labute approximate surface area is 319 Å². The number of methoxy groups -OCH3 is 1. The van der Waals surface area contributed by atoms with Gasteiger partial charge in [-0.05, 0) is 105 Å². The molecule has 0 bridgehead atoms. The molecule has 1 saturated carbocycles. The first kappa shape index (κ1) is 39.3. The van der Waals surface area contributed by atoms with E-state index >= 15 is 0 Å². The van der Waals surface area contributed by atoms with Crippen LogP contribution >= 0.6 is 0 Å². The zero-order valence-electron chi connectivity index (χ0n) is 32.3. The third-order valence-corrected chi connectivity index (χ3v) is 11.0. The van der Waals surface area contributed by atoms with Crippen LogP contribution in [0.15, 0.2) is 90.1 Å². The largest absolute Gasteiger partial charge is 0.459 e. The normalized spacial score (nSPS) is 25.2. The van der Waals surface area contributed by atoms with Crippen molar-refractivity contribution in [3.8, 4) is 17.2 Å². The van der Waals surface area contributed by atoms with E-state index in [9.17, 15) is 15.0 Å². The SMILES string of the molecule is C=CCO[C@@]12Oc3ccc(Oc4ccc5ccccc5c4)cc3[C@H]3[C@H](CCCCO)[C@@H](CCCCO)C=C(C(=NOC(C)(C)C)C[C@@H]1N(C)C(=O)OC)[C@H]32. The summed E-state index contributed by atoms with van der Waals surface area (Å²) in [6.07, 6.45) is 8.57. The molecule has 2 N–H and O–H groups in total. The molecule has 1 amide bonds. The van der Waals surface area contributed by atoms with Crippen molar-refractivity contribution in [2.75, 3.05) is 34.0 Å². The van der Waals surface area contributed by atoms with Crippen molar-refractivity contribution in [2.24, 2.45) is 22.9 Å². The highest BCUT2D eigenvalue weighted by atomic mass is 16.7. The van der Waals surface area contributed by atoms with Gasteiger partial charge in [0.1, 0.15) is 28.9 Å². The Morgan fingerprint density at radius 3 is 2.41 bits per heavy atom. The Kier molecular flexibility index (Phi) is 12.4. The van der Waals surface area contributed by atoms with Crippen LogP contribution in [0.3, 0.4) is 0 Å². The van der Waals surface area contributed by atoms with Gasteiger partial charge in [0.25, 0.3) is 0 Å². The van der Waals surface area contributed by atoms with Crippen LogP contribution in [0.5, 0.6) is 17.2 Å². The summed E-state index contributed by atoms with van der Waals surface area (Å²) in [6, 6.07) is 19.6. The predicted octanol–water partition coefficient (Wildman–Crippen LogP) is 8.76. The lowest BCUT2D eigenvalue weighted by Gasteiger charge is -2.59. The van der Waals surface area contributed by atoms with Gasteiger partial charge in [-0.1, -0.05) is 60.5 Å². The predicted molar refractivity (Wildman–Crippen MR) is 210 cm³/mol. The first-order valence-corrected chi connectivity index (χ1v) is 19.3. The van der Waals surface area contributed by atoms with Crippen LogP contribution < -0.4 is 9.47 Å². The van der Waals surface area contributed by atoms with Crippen LogP contribution in [0.4, 0.5) is 4.79 Å². The molecule has 1 heterocycles. The Hall–Kier alpha value is -4.38. The van der Waals surface area contributed by atoms with E-state index in [4.69, 9.17) is 28.9 Å². The molecule has 0 spiro atoms. The maximum atomic E-state index is 13.4. The number of oxime groups is 1. The topological polar surface area (TPSA) is 119 Å². The van der Waals surface area contributed by atoms with Gasteiger partial charge in [0, 0.05) is 38.2 Å². The van der Waals surface area contributed by atoms with Gasteiger partial charge in [-0.25, -0.2) is 4.79 Å². The number of unbranched alkanes of at least 4 members (excludes halogenated alkanes) is 2. The Morgan fingerprint density at radius 2 is 1.70 bits per heavy atom. The summed E-state index contributed by atoms with van der Waals surface area (Å²) in [5.74, 6) is 0.364. The van der Waals surface area contributed by atoms with Crippen LogP contribution in [0.1, 0.15) is 77.2 Å². The fraction of sp³-hybridized carbons (Fsp3) is 0.500. The summed E-state index contributed by atoms with van der Waals surface area (Å²) in [4.78, 5) is 21.1. The molecule has 10 nitrogen and oxygen atoms in total. The van der Waals surface area contributed by atoms with Gasteiger partial charge in [-0.3, -0.25) is 0 Å². The molecule has 0 aromatic heterocycles. The number of amides is 1. The minimum absolute atomic E-state index is 0.0984. The molecule has 6 atom stereocenters. The van der Waals surface area contributed by atoms with Crippen molar-refractivity contribution in [3.63, 3.8) is 0 Å². The maximum Gasteiger partial charge on any atom is 0.409 e. The number of fused-ring (bicyclic) bond motifs is 3. The van der Waals surface area contributed by atoms with E-state index in [-0.39, 0.29) is 37.6 Å². The Balaban J connectivity index is 1.56. The molecule has 3 aliphatic rings. The number of rotatable bonds is 15. The number of carbonyl (C=O) groups excluding carboxylic acids is 1. The number of ether oxygens (including phenoxy) is 4. The molecule has 1 aliphatic heterocycles. The molecule has 0 radical (unpaired) electrons. The maximum absolute atomic E-state index is 13.4. The first-order chi connectivity index (χ1) is 26.0. The highest BCUT2D eigenvalue weighted by Gasteiger charge is 2.65. The highest BCUT2D eigenvalue weighted by molar-refractivity contribution is 6.03. The molecule has 290 valence electrons. The third-order valence-electron chi connectivity index (χ3n) is 11.0. The van der Waals surface area contributed by atoms with Gasteiger partial charge >= 0.3 is 6.09 Å². The quantitative estimate of drug-likeness (QED) is 0.0902. The van der Waals surface area contributed by atoms with E-state index in [0.29, 0.717) is 30.8 Å². The average molecular weight is 741 g/mol. The van der Waals surface area contributed by atoms with Crippen molar-refractivity contribution in [2.45, 2.75) is 89.1 Å². The highest BCUT2D eigenvalue weighted by Crippen LogP contribution is 2.62. The van der Waals surface area contributed by atoms with Crippen LogP contribution in [-0.2, 0) is 14.3 Å². The second-order valence-electron chi connectivity index (χ2n) is 15.7. The number of aliphatic hydroxyl groups is 2. The number of allylic oxidation sites excluding steroid dienone is 1. The third kappa shape index (κ3) is 8.16. The lowest BCUT2D eigenvalue weighted by atomic mass is 9.55. The van der Waals surface area contributed by atoms with Gasteiger partial charge in [0.15, 0.2) is 0 Å². The van der Waals surface area contributed by atoms with Crippen LogP contribution in [0, 0.1) is 17.8 Å². The molecule has 0 saturated heterocycles. The summed E-state index contributed by atoms with van der Waals surface area (Å²) in [6.45, 7) is 10.3.